The van der Waals surface area contributed by atoms with E-state index >= 15 is 0 Å². The van der Waals surface area contributed by atoms with Crippen LogP contribution < -0.4 is 9.47 Å². The monoisotopic (exact) mass is 346 g/mol. The number of halogens is 1. The van der Waals surface area contributed by atoms with E-state index in [4.69, 9.17) is 9.47 Å². The van der Waals surface area contributed by atoms with Crippen LogP contribution in [0.25, 0.3) is 0 Å². The van der Waals surface area contributed by atoms with E-state index in [-0.39, 0.29) is 10.2 Å². The maximum atomic E-state index is 5.75. The van der Waals surface area contributed by atoms with E-state index < -0.39 is 0 Å². The fraction of sp³-hybridized carbons (Fsp3) is 0.333. The third kappa shape index (κ3) is 2.67. The predicted octanol–water partition coefficient (Wildman–Crippen LogP) is 4.85. The fourth-order valence-electron chi connectivity index (χ4n) is 2.66. The van der Waals surface area contributed by atoms with Crippen molar-refractivity contribution in [2.45, 2.75) is 24.1 Å². The number of fused-ring (bicyclic) bond motifs is 1. The van der Waals surface area contributed by atoms with Crippen molar-refractivity contribution in [3.63, 3.8) is 0 Å². The Labute approximate surface area is 134 Å². The van der Waals surface area contributed by atoms with Gasteiger partial charge in [-0.3, -0.25) is 0 Å². The number of hydrogen-bond donors (Lipinski definition) is 0. The summed E-state index contributed by atoms with van der Waals surface area (Å²) in [7, 11) is 1.68. The molecule has 0 saturated carbocycles. The van der Waals surface area contributed by atoms with Crippen LogP contribution in [0.1, 0.15) is 35.4 Å². The molecule has 2 aromatic rings. The first-order valence-corrected chi connectivity index (χ1v) is 7.98. The molecule has 0 aromatic heterocycles. The van der Waals surface area contributed by atoms with Crippen molar-refractivity contribution >= 4 is 15.9 Å². The second-order valence-electron chi connectivity index (χ2n) is 6.06. The molecule has 1 heterocycles. The largest absolute Gasteiger partial charge is 0.497 e. The number of hydrogen-bond acceptors (Lipinski definition) is 2. The molecule has 0 N–H and O–H groups in total. The highest BCUT2D eigenvalue weighted by molar-refractivity contribution is 9.09. The summed E-state index contributed by atoms with van der Waals surface area (Å²) in [6.07, 6.45) is 0. The number of benzene rings is 2. The number of rotatable bonds is 3. The van der Waals surface area contributed by atoms with E-state index in [1.54, 1.807) is 7.11 Å². The van der Waals surface area contributed by atoms with Crippen LogP contribution in [0.2, 0.25) is 0 Å². The van der Waals surface area contributed by atoms with Gasteiger partial charge in [-0.05, 0) is 35.4 Å². The van der Waals surface area contributed by atoms with Gasteiger partial charge in [-0.1, -0.05) is 48.0 Å². The molecule has 0 amide bonds. The zero-order chi connectivity index (χ0) is 15.0. The molecule has 0 bridgehead atoms. The van der Waals surface area contributed by atoms with Gasteiger partial charge in [-0.2, -0.15) is 0 Å². The van der Waals surface area contributed by atoms with Gasteiger partial charge in [-0.15, -0.1) is 0 Å². The first kappa shape index (κ1) is 14.5. The van der Waals surface area contributed by atoms with Crippen LogP contribution in [0, 0.1) is 0 Å². The fourth-order valence-corrected chi connectivity index (χ4v) is 3.25. The number of methoxy groups -OCH3 is 1. The molecule has 2 nitrogen and oxygen atoms in total. The Bertz CT molecular complexity index is 647. The van der Waals surface area contributed by atoms with E-state index in [9.17, 15) is 0 Å². The van der Waals surface area contributed by atoms with Crippen molar-refractivity contribution in [2.24, 2.45) is 0 Å². The molecule has 21 heavy (non-hydrogen) atoms. The Morgan fingerprint density at radius 1 is 1.10 bits per heavy atom. The van der Waals surface area contributed by atoms with E-state index in [1.165, 1.54) is 16.7 Å². The van der Waals surface area contributed by atoms with Gasteiger partial charge in [0.25, 0.3) is 0 Å². The minimum absolute atomic E-state index is 0.0813. The molecule has 2 aromatic carbocycles. The lowest BCUT2D eigenvalue weighted by molar-refractivity contribution is 0.291. The summed E-state index contributed by atoms with van der Waals surface area (Å²) in [6, 6.07) is 14.6. The van der Waals surface area contributed by atoms with Crippen molar-refractivity contribution in [1.29, 1.82) is 0 Å². The molecule has 3 heteroatoms. The highest BCUT2D eigenvalue weighted by Gasteiger charge is 2.32. The minimum atomic E-state index is 0.0813. The van der Waals surface area contributed by atoms with Gasteiger partial charge < -0.3 is 9.47 Å². The molecule has 1 atom stereocenters. The molecule has 1 aliphatic rings. The Morgan fingerprint density at radius 2 is 1.76 bits per heavy atom. The molecular weight excluding hydrogens is 328 g/mol. The third-order valence-corrected chi connectivity index (χ3v) is 5.08. The normalized spacial score (nSPS) is 17.0. The summed E-state index contributed by atoms with van der Waals surface area (Å²) in [4.78, 5) is 0.171. The van der Waals surface area contributed by atoms with Gasteiger partial charge in [0.1, 0.15) is 11.5 Å². The van der Waals surface area contributed by atoms with Gasteiger partial charge in [0.2, 0.25) is 0 Å². The SMILES string of the molecule is COc1ccc(C(Br)c2ccc3c(c2)C(C)(C)CO3)cc1. The second-order valence-corrected chi connectivity index (χ2v) is 6.98. The van der Waals surface area contributed by atoms with E-state index in [0.717, 1.165) is 18.1 Å². The quantitative estimate of drug-likeness (QED) is 0.739. The summed E-state index contributed by atoms with van der Waals surface area (Å²) in [5.41, 5.74) is 3.83. The Kier molecular flexibility index (Phi) is 3.70. The van der Waals surface area contributed by atoms with E-state index in [1.807, 2.05) is 12.1 Å². The lowest BCUT2D eigenvalue weighted by atomic mass is 9.85. The van der Waals surface area contributed by atoms with Gasteiger partial charge in [0, 0.05) is 11.0 Å². The molecule has 1 unspecified atom stereocenters. The van der Waals surface area contributed by atoms with Gasteiger partial charge >= 0.3 is 0 Å². The maximum Gasteiger partial charge on any atom is 0.123 e. The number of alkyl halides is 1. The smallest absolute Gasteiger partial charge is 0.123 e. The van der Waals surface area contributed by atoms with Crippen LogP contribution in [-0.2, 0) is 5.41 Å². The van der Waals surface area contributed by atoms with Crippen molar-refractivity contribution in [3.05, 3.63) is 59.2 Å². The zero-order valence-electron chi connectivity index (χ0n) is 12.5. The molecule has 0 spiro atoms. The standard InChI is InChI=1S/C18H19BrO2/c1-18(2)11-21-16-9-6-13(10-15(16)18)17(19)12-4-7-14(20-3)8-5-12/h4-10,17H,11H2,1-3H3. The molecule has 0 fully saturated rings. The summed E-state index contributed by atoms with van der Waals surface area (Å²) >= 11 is 3.80. The van der Waals surface area contributed by atoms with Gasteiger partial charge in [0.05, 0.1) is 18.5 Å². The Hall–Kier alpha value is -1.48. The molecule has 0 radical (unpaired) electrons. The van der Waals surface area contributed by atoms with Crippen LogP contribution in [0.15, 0.2) is 42.5 Å². The highest BCUT2D eigenvalue weighted by atomic mass is 79.9. The summed E-state index contributed by atoms with van der Waals surface area (Å²) in [6.45, 7) is 5.19. The molecule has 3 rings (SSSR count). The third-order valence-electron chi connectivity index (χ3n) is 4.02. The average molecular weight is 347 g/mol. The summed E-state index contributed by atoms with van der Waals surface area (Å²) in [5.74, 6) is 1.89. The van der Waals surface area contributed by atoms with Crippen molar-refractivity contribution in [2.75, 3.05) is 13.7 Å². The summed E-state index contributed by atoms with van der Waals surface area (Å²) < 4.78 is 11.0. The predicted molar refractivity (Wildman–Crippen MR) is 88.7 cm³/mol. The maximum absolute atomic E-state index is 5.75. The van der Waals surface area contributed by atoms with E-state index in [0.29, 0.717) is 0 Å². The highest BCUT2D eigenvalue weighted by Crippen LogP contribution is 2.41. The van der Waals surface area contributed by atoms with Crippen LogP contribution in [-0.4, -0.2) is 13.7 Å². The van der Waals surface area contributed by atoms with Crippen molar-refractivity contribution in [3.8, 4) is 11.5 Å². The summed E-state index contributed by atoms with van der Waals surface area (Å²) in [5, 5.41) is 0. The topological polar surface area (TPSA) is 18.5 Å². The lowest BCUT2D eigenvalue weighted by Crippen LogP contribution is -2.18. The first-order chi connectivity index (χ1) is 10.0. The second kappa shape index (κ2) is 5.38. The Balaban J connectivity index is 1.93. The Morgan fingerprint density at radius 3 is 2.43 bits per heavy atom. The zero-order valence-corrected chi connectivity index (χ0v) is 14.1. The van der Waals surface area contributed by atoms with Crippen LogP contribution in [0.5, 0.6) is 11.5 Å². The van der Waals surface area contributed by atoms with Crippen LogP contribution >= 0.6 is 15.9 Å². The van der Waals surface area contributed by atoms with E-state index in [2.05, 4.69) is 60.1 Å². The van der Waals surface area contributed by atoms with Crippen molar-refractivity contribution in [1.82, 2.24) is 0 Å². The molecule has 0 aliphatic carbocycles. The first-order valence-electron chi connectivity index (χ1n) is 7.06. The minimum Gasteiger partial charge on any atom is -0.497 e. The van der Waals surface area contributed by atoms with Crippen LogP contribution in [0.3, 0.4) is 0 Å². The van der Waals surface area contributed by atoms with Crippen LogP contribution in [0.4, 0.5) is 0 Å². The van der Waals surface area contributed by atoms with Gasteiger partial charge in [-0.25, -0.2) is 0 Å². The van der Waals surface area contributed by atoms with Gasteiger partial charge in [0.15, 0.2) is 0 Å². The molecule has 110 valence electrons. The molecule has 0 saturated heterocycles. The number of ether oxygens (including phenoxy) is 2. The molecular formula is C18H19BrO2. The average Bonchev–Trinajstić information content (AvgIpc) is 2.82. The lowest BCUT2D eigenvalue weighted by Gasteiger charge is -2.18. The molecule has 1 aliphatic heterocycles. The van der Waals surface area contributed by atoms with Crippen molar-refractivity contribution < 1.29 is 9.47 Å².